The summed E-state index contributed by atoms with van der Waals surface area (Å²) in [6, 6.07) is 24.9. The molecule has 0 unspecified atom stereocenters. The highest BCUT2D eigenvalue weighted by Crippen LogP contribution is 2.46. The number of phenolic OH excluding ortho intramolecular Hbond substituents is 1. The van der Waals surface area contributed by atoms with E-state index >= 15 is 0 Å². The Balaban J connectivity index is 0.961. The number of rotatable bonds is 14. The van der Waals surface area contributed by atoms with Gasteiger partial charge in [-0.3, -0.25) is 14.3 Å². The molecule has 62 heavy (non-hydrogen) atoms. The Kier molecular flexibility index (Phi) is 12.2. The highest BCUT2D eigenvalue weighted by Gasteiger charge is 2.42. The van der Waals surface area contributed by atoms with E-state index in [1.165, 1.54) is 0 Å². The van der Waals surface area contributed by atoms with Gasteiger partial charge >= 0.3 is 11.8 Å². The van der Waals surface area contributed by atoms with Crippen LogP contribution in [-0.4, -0.2) is 78.8 Å². The van der Waals surface area contributed by atoms with Gasteiger partial charge < -0.3 is 39.3 Å². The summed E-state index contributed by atoms with van der Waals surface area (Å²) in [4.78, 5) is 42.2. The number of aromatic hydroxyl groups is 1. The molecule has 5 heterocycles. The number of aryl methyl sites for hydroxylation is 1. The molecule has 5 aromatic rings. The van der Waals surface area contributed by atoms with E-state index in [0.29, 0.717) is 54.5 Å². The number of allylic oxidation sites excluding steroid dienone is 1. The Morgan fingerprint density at radius 1 is 1.05 bits per heavy atom. The lowest BCUT2D eigenvalue weighted by molar-refractivity contribution is -0.118. The fourth-order valence-electron chi connectivity index (χ4n) is 8.75. The molecule has 3 fully saturated rings. The molecule has 2 atom stereocenters. The zero-order valence-corrected chi connectivity index (χ0v) is 37.1. The Morgan fingerprint density at radius 3 is 2.53 bits per heavy atom. The van der Waals surface area contributed by atoms with E-state index in [1.54, 1.807) is 21.6 Å². The summed E-state index contributed by atoms with van der Waals surface area (Å²) >= 11 is 0. The normalized spacial score (nSPS) is 19.3. The number of benzene rings is 4. The zero-order valence-electron chi connectivity index (χ0n) is 36.1. The van der Waals surface area contributed by atoms with Gasteiger partial charge in [-0.2, -0.15) is 0 Å². The van der Waals surface area contributed by atoms with E-state index in [-0.39, 0.29) is 35.0 Å². The highest BCUT2D eigenvalue weighted by atomic mass is 28.4. The summed E-state index contributed by atoms with van der Waals surface area (Å²) in [7, 11) is -2.29. The predicted molar refractivity (Wildman–Crippen MR) is 244 cm³/mol. The van der Waals surface area contributed by atoms with E-state index in [9.17, 15) is 24.6 Å². The smallest absolute Gasteiger partial charge is 0.419 e. The van der Waals surface area contributed by atoms with Crippen molar-refractivity contribution in [3.63, 3.8) is 0 Å². The molecule has 3 saturated heterocycles. The first-order valence-corrected chi connectivity index (χ1v) is 24.5. The summed E-state index contributed by atoms with van der Waals surface area (Å²) in [6.07, 6.45) is 5.19. The second-order valence-electron chi connectivity index (χ2n) is 18.2. The third-order valence-electron chi connectivity index (χ3n) is 13.1. The summed E-state index contributed by atoms with van der Waals surface area (Å²) in [6.45, 7) is 14.8. The van der Waals surface area contributed by atoms with Gasteiger partial charge in [-0.1, -0.05) is 81.5 Å². The number of fused-ring (bicyclic) bond motifs is 5. The summed E-state index contributed by atoms with van der Waals surface area (Å²) < 4.78 is 20.1. The van der Waals surface area contributed by atoms with Crippen molar-refractivity contribution >= 4 is 48.9 Å². The van der Waals surface area contributed by atoms with Gasteiger partial charge in [0.2, 0.25) is 0 Å². The number of carbonyl (C=O) groups is 2. The first-order chi connectivity index (χ1) is 29.7. The van der Waals surface area contributed by atoms with Crippen molar-refractivity contribution in [2.45, 2.75) is 83.4 Å². The van der Waals surface area contributed by atoms with E-state index in [2.05, 4.69) is 49.4 Å². The number of carbonyl (C=O) groups excluding carboxylic acids is 1. The lowest BCUT2D eigenvalue weighted by Gasteiger charge is -2.48. The minimum Gasteiger partial charge on any atom is -0.506 e. The molecule has 0 saturated carbocycles. The number of ether oxygens (including phenoxy) is 1. The Hall–Kier alpha value is -5.67. The van der Waals surface area contributed by atoms with E-state index in [1.807, 2.05) is 78.9 Å². The number of piperidine rings is 3. The van der Waals surface area contributed by atoms with Crippen LogP contribution >= 0.6 is 0 Å². The zero-order chi connectivity index (χ0) is 43.8. The first kappa shape index (κ1) is 43.0. The molecule has 326 valence electrons. The van der Waals surface area contributed by atoms with Crippen LogP contribution in [0.3, 0.4) is 0 Å². The molecule has 0 spiro atoms. The van der Waals surface area contributed by atoms with Crippen LogP contribution in [0.2, 0.25) is 18.1 Å². The van der Waals surface area contributed by atoms with Crippen LogP contribution in [0, 0.1) is 5.92 Å². The van der Waals surface area contributed by atoms with Crippen LogP contribution in [0.1, 0.15) is 62.8 Å². The maximum absolute atomic E-state index is 13.1. The van der Waals surface area contributed by atoms with Crippen LogP contribution in [-0.2, 0) is 22.3 Å². The van der Waals surface area contributed by atoms with Gasteiger partial charge in [-0.05, 0) is 103 Å². The molecule has 4 N–H and O–H groups in total. The van der Waals surface area contributed by atoms with Gasteiger partial charge in [0.05, 0.1) is 23.3 Å². The maximum Gasteiger partial charge on any atom is 0.419 e. The number of anilines is 2. The van der Waals surface area contributed by atoms with E-state index < -0.39 is 26.3 Å². The molecular formula is C48H57N5O8Si. The number of amides is 2. The van der Waals surface area contributed by atoms with Gasteiger partial charge in [-0.15, -0.1) is 0 Å². The van der Waals surface area contributed by atoms with Crippen LogP contribution in [0.4, 0.5) is 16.2 Å². The lowest BCUT2D eigenvalue weighted by Crippen LogP contribution is -2.59. The lowest BCUT2D eigenvalue weighted by atomic mass is 9.82. The standard InChI is InChI=1S/C48H57N5O8Si/c1-48(2,3)62(4,5)61-42(36-17-19-40(54)44-45(36)59-30-43(55)50-44)28-49-27-32-15-18-37-41(26-32)60-47(58)52(37)22-10-9-11-31-14-16-35(33-12-7-6-8-13-33)38(25-31)53(46(56)57)39-29-51-23-20-34(39)21-24-51/h6-9,11-19,25-26,34,39,42,49,54H,10,20-24,27-30H2,1-5H3,(H,50,55)(H,56,57)/b11-9+/t39-,42-/m0/s1. The van der Waals surface area contributed by atoms with Crippen molar-refractivity contribution in [3.8, 4) is 22.6 Å². The van der Waals surface area contributed by atoms with Gasteiger partial charge in [-0.25, -0.2) is 9.59 Å². The third-order valence-corrected chi connectivity index (χ3v) is 17.6. The summed E-state index contributed by atoms with van der Waals surface area (Å²) in [5, 5.41) is 27.4. The van der Waals surface area contributed by atoms with E-state index in [0.717, 1.165) is 60.3 Å². The van der Waals surface area contributed by atoms with Crippen molar-refractivity contribution in [3.05, 3.63) is 112 Å². The van der Waals surface area contributed by atoms with Crippen LogP contribution in [0.25, 0.3) is 28.3 Å². The molecule has 13 nitrogen and oxygen atoms in total. The molecule has 0 aliphatic carbocycles. The van der Waals surface area contributed by atoms with Gasteiger partial charge in [0.25, 0.3) is 5.91 Å². The number of aromatic nitrogens is 1. The molecule has 14 heteroatoms. The van der Waals surface area contributed by atoms with Crippen LogP contribution in [0.5, 0.6) is 11.5 Å². The summed E-state index contributed by atoms with van der Waals surface area (Å²) in [5.74, 6) is -0.0975. The number of hydrogen-bond donors (Lipinski definition) is 4. The van der Waals surface area contributed by atoms with Gasteiger partial charge in [0.1, 0.15) is 11.4 Å². The monoisotopic (exact) mass is 859 g/mol. The first-order valence-electron chi connectivity index (χ1n) is 21.6. The van der Waals surface area contributed by atoms with E-state index in [4.69, 9.17) is 13.6 Å². The minimum absolute atomic E-state index is 0.0693. The van der Waals surface area contributed by atoms with Crippen molar-refractivity contribution < 1.29 is 33.4 Å². The SMILES string of the molecule is CC(C)(C)[Si](C)(C)O[C@@H](CNCc1ccc2c(c1)oc(=O)n2CC/C=C/c1ccc(-c2ccccc2)c(N(C(=O)O)[C@H]2CN3CCC2CC3)c1)c1ccc(O)c2c1OCC(=O)N2. The number of nitrogens with zero attached hydrogens (tertiary/aromatic N) is 3. The number of oxazole rings is 1. The molecule has 4 aliphatic rings. The van der Waals surface area contributed by atoms with Crippen LogP contribution in [0.15, 0.2) is 94.2 Å². The summed E-state index contributed by atoms with van der Waals surface area (Å²) in [5.41, 5.74) is 6.52. The quantitative estimate of drug-likeness (QED) is 0.0628. The fraction of sp³-hybridized carbons (Fsp3) is 0.396. The fourth-order valence-corrected chi connectivity index (χ4v) is 10.0. The minimum atomic E-state index is -2.29. The predicted octanol–water partition coefficient (Wildman–Crippen LogP) is 8.83. The van der Waals surface area contributed by atoms with Gasteiger partial charge in [0, 0.05) is 37.3 Å². The van der Waals surface area contributed by atoms with Crippen molar-refractivity contribution in [1.82, 2.24) is 14.8 Å². The molecule has 2 amide bonds. The molecular weight excluding hydrogens is 803 g/mol. The van der Waals surface area contributed by atoms with Crippen molar-refractivity contribution in [2.24, 2.45) is 5.92 Å². The van der Waals surface area contributed by atoms with Gasteiger partial charge in [0.15, 0.2) is 26.3 Å². The average Bonchev–Trinajstić information content (AvgIpc) is 3.56. The highest BCUT2D eigenvalue weighted by molar-refractivity contribution is 6.74. The number of carboxylic acid groups (broad SMARTS) is 1. The number of nitrogens with one attached hydrogen (secondary N) is 2. The maximum atomic E-state index is 13.1. The van der Waals surface area contributed by atoms with Crippen LogP contribution < -0.4 is 26.0 Å². The number of phenols is 1. The Labute approximate surface area is 363 Å². The number of hydrogen-bond acceptors (Lipinski definition) is 9. The third kappa shape index (κ3) is 8.96. The molecule has 9 rings (SSSR count). The molecule has 1 aromatic heterocycles. The average molecular weight is 860 g/mol. The molecule has 4 aromatic carbocycles. The second kappa shape index (κ2) is 17.6. The second-order valence-corrected chi connectivity index (χ2v) is 23.0. The Morgan fingerprint density at radius 2 is 1.82 bits per heavy atom. The topological polar surface area (TPSA) is 159 Å². The Bertz CT molecular complexity index is 2540. The van der Waals surface area contributed by atoms with Crippen molar-refractivity contribution in [1.29, 1.82) is 0 Å². The largest absolute Gasteiger partial charge is 0.506 e. The molecule has 2 bridgehead atoms. The molecule has 4 aliphatic heterocycles. The van der Waals surface area contributed by atoms with Crippen molar-refractivity contribution in [2.75, 3.05) is 43.0 Å². The molecule has 0 radical (unpaired) electrons.